The minimum absolute atomic E-state index is 0.0904. The second-order valence-electron chi connectivity index (χ2n) is 9.30. The summed E-state index contributed by atoms with van der Waals surface area (Å²) in [6, 6.07) is 15.3. The molecule has 1 unspecified atom stereocenters. The summed E-state index contributed by atoms with van der Waals surface area (Å²) in [5, 5.41) is 10.5. The average molecular weight is 523 g/mol. The Hall–Kier alpha value is -4.01. The molecule has 0 spiro atoms. The smallest absolute Gasteiger partial charge is 0.290 e. The molecule has 9 nitrogen and oxygen atoms in total. The normalized spacial score (nSPS) is 13.8. The first-order valence-corrected chi connectivity index (χ1v) is 13.0. The second kappa shape index (κ2) is 15.3. The van der Waals surface area contributed by atoms with Gasteiger partial charge in [-0.3, -0.25) is 24.0 Å². The molecule has 4 N–H and O–H groups in total. The third-order valence-corrected chi connectivity index (χ3v) is 6.25. The largest absolute Gasteiger partial charge is 0.355 e. The van der Waals surface area contributed by atoms with Crippen molar-refractivity contribution in [1.29, 1.82) is 0 Å². The van der Waals surface area contributed by atoms with Crippen molar-refractivity contribution in [3.8, 4) is 0 Å². The van der Waals surface area contributed by atoms with Gasteiger partial charge in [-0.25, -0.2) is 0 Å². The van der Waals surface area contributed by atoms with Gasteiger partial charge in [-0.2, -0.15) is 0 Å². The molecule has 204 valence electrons. The molecule has 2 aromatic rings. The Labute approximate surface area is 224 Å². The first-order chi connectivity index (χ1) is 18.2. The van der Waals surface area contributed by atoms with Crippen molar-refractivity contribution in [3.63, 3.8) is 0 Å². The Bertz CT molecular complexity index is 1090. The van der Waals surface area contributed by atoms with E-state index in [1.165, 1.54) is 6.92 Å². The zero-order valence-electron chi connectivity index (χ0n) is 22.5. The average Bonchev–Trinajstić information content (AvgIpc) is 2.91. The van der Waals surface area contributed by atoms with Crippen LogP contribution in [0.4, 0.5) is 0 Å². The lowest BCUT2D eigenvalue weighted by Crippen LogP contribution is -2.56. The van der Waals surface area contributed by atoms with Crippen LogP contribution in [0.3, 0.4) is 0 Å². The molecule has 0 saturated heterocycles. The lowest BCUT2D eigenvalue weighted by molar-refractivity contribution is -0.141. The Kier molecular flexibility index (Phi) is 12.2. The van der Waals surface area contributed by atoms with E-state index in [1.807, 2.05) is 74.5 Å². The summed E-state index contributed by atoms with van der Waals surface area (Å²) in [6.45, 7) is 7.24. The van der Waals surface area contributed by atoms with Gasteiger partial charge in [0, 0.05) is 13.0 Å². The number of hydrogen-bond acceptors (Lipinski definition) is 5. The van der Waals surface area contributed by atoms with Crippen LogP contribution >= 0.6 is 0 Å². The van der Waals surface area contributed by atoms with Crippen LogP contribution in [-0.2, 0) is 36.8 Å². The summed E-state index contributed by atoms with van der Waals surface area (Å²) in [5.41, 5.74) is 1.62. The van der Waals surface area contributed by atoms with E-state index in [4.69, 9.17) is 0 Å². The van der Waals surface area contributed by atoms with E-state index in [1.54, 1.807) is 6.92 Å². The SMILES string of the molecule is CCNC(=O)[C@@H](NC(=O)C(=O)C(C)NC(=O)[C@H](Cc1ccccc1)NC(=O)Cc1ccccc1)[C@@H](C)CC. The molecule has 4 amide bonds. The van der Waals surface area contributed by atoms with Crippen LogP contribution in [0.15, 0.2) is 60.7 Å². The van der Waals surface area contributed by atoms with Crippen LogP contribution in [0.1, 0.15) is 45.2 Å². The van der Waals surface area contributed by atoms with Crippen LogP contribution in [0.25, 0.3) is 0 Å². The molecule has 9 heteroatoms. The Morgan fingerprint density at radius 3 is 1.87 bits per heavy atom. The zero-order chi connectivity index (χ0) is 28.1. The summed E-state index contributed by atoms with van der Waals surface area (Å²) in [4.78, 5) is 63.8. The van der Waals surface area contributed by atoms with E-state index in [-0.39, 0.29) is 30.6 Å². The minimum atomic E-state index is -1.17. The lowest BCUT2D eigenvalue weighted by Gasteiger charge is -2.24. The van der Waals surface area contributed by atoms with Gasteiger partial charge in [-0.1, -0.05) is 80.9 Å². The summed E-state index contributed by atoms with van der Waals surface area (Å²) in [6.07, 6.45) is 0.910. The molecule has 2 rings (SSSR count). The minimum Gasteiger partial charge on any atom is -0.355 e. The Balaban J connectivity index is 2.09. The number of hydrogen-bond donors (Lipinski definition) is 4. The fourth-order valence-electron chi connectivity index (χ4n) is 3.86. The van der Waals surface area contributed by atoms with E-state index in [0.29, 0.717) is 13.0 Å². The van der Waals surface area contributed by atoms with Crippen molar-refractivity contribution in [3.05, 3.63) is 71.8 Å². The van der Waals surface area contributed by atoms with Crippen molar-refractivity contribution in [1.82, 2.24) is 21.3 Å². The number of ketones is 1. The number of nitrogens with one attached hydrogen (secondary N) is 4. The van der Waals surface area contributed by atoms with Gasteiger partial charge in [0.1, 0.15) is 12.1 Å². The molecule has 0 aliphatic heterocycles. The van der Waals surface area contributed by atoms with Crippen LogP contribution < -0.4 is 21.3 Å². The molecule has 0 aromatic heterocycles. The number of benzene rings is 2. The third-order valence-electron chi connectivity index (χ3n) is 6.25. The van der Waals surface area contributed by atoms with Crippen LogP contribution in [-0.4, -0.2) is 54.1 Å². The summed E-state index contributed by atoms with van der Waals surface area (Å²) in [7, 11) is 0. The van der Waals surface area contributed by atoms with Gasteiger partial charge < -0.3 is 21.3 Å². The Morgan fingerprint density at radius 1 is 0.737 bits per heavy atom. The summed E-state index contributed by atoms with van der Waals surface area (Å²) < 4.78 is 0. The standard InChI is InChI=1S/C29H38N4O5/c1-5-19(3)25(28(37)30-6-2)33-29(38)26(35)20(4)31-27(36)23(17-21-13-9-7-10-14-21)32-24(34)18-22-15-11-8-12-16-22/h7-16,19-20,23,25H,5-6,17-18H2,1-4H3,(H,30,37)(H,31,36)(H,32,34)(H,33,38)/t19-,20?,23-,25-/m0/s1. The molecule has 4 atom stereocenters. The molecule has 0 heterocycles. The van der Waals surface area contributed by atoms with Gasteiger partial charge in [0.15, 0.2) is 0 Å². The van der Waals surface area contributed by atoms with Crippen molar-refractivity contribution < 1.29 is 24.0 Å². The third kappa shape index (κ3) is 9.46. The number of carbonyl (C=O) groups excluding carboxylic acids is 5. The maximum atomic E-state index is 13.2. The van der Waals surface area contributed by atoms with Gasteiger partial charge in [0.25, 0.3) is 5.91 Å². The first-order valence-electron chi connectivity index (χ1n) is 13.0. The van der Waals surface area contributed by atoms with E-state index in [2.05, 4.69) is 21.3 Å². The van der Waals surface area contributed by atoms with Crippen molar-refractivity contribution in [2.75, 3.05) is 6.54 Å². The lowest BCUT2D eigenvalue weighted by atomic mass is 9.97. The quantitative estimate of drug-likeness (QED) is 0.280. The highest BCUT2D eigenvalue weighted by molar-refractivity contribution is 6.38. The second-order valence-corrected chi connectivity index (χ2v) is 9.30. The molecule has 38 heavy (non-hydrogen) atoms. The van der Waals surface area contributed by atoms with E-state index in [9.17, 15) is 24.0 Å². The van der Waals surface area contributed by atoms with Gasteiger partial charge in [0.05, 0.1) is 12.5 Å². The predicted molar refractivity (Wildman–Crippen MR) is 145 cm³/mol. The molecule has 0 aliphatic carbocycles. The molecular formula is C29H38N4O5. The molecular weight excluding hydrogens is 484 g/mol. The highest BCUT2D eigenvalue weighted by Crippen LogP contribution is 2.09. The molecule has 0 bridgehead atoms. The van der Waals surface area contributed by atoms with Gasteiger partial charge in [-0.05, 0) is 30.9 Å². The fraction of sp³-hybridized carbons (Fsp3) is 0.414. The maximum absolute atomic E-state index is 13.2. The molecule has 0 radical (unpaired) electrons. The number of likely N-dealkylation sites (N-methyl/N-ethyl adjacent to an activating group) is 1. The van der Waals surface area contributed by atoms with Crippen molar-refractivity contribution in [2.45, 2.75) is 65.1 Å². The first kappa shape index (κ1) is 30.2. The highest BCUT2D eigenvalue weighted by Gasteiger charge is 2.31. The molecule has 2 aromatic carbocycles. The number of carbonyl (C=O) groups is 5. The Morgan fingerprint density at radius 2 is 1.32 bits per heavy atom. The summed E-state index contributed by atoms with van der Waals surface area (Å²) in [5.74, 6) is -3.34. The molecule has 0 fully saturated rings. The van der Waals surface area contributed by atoms with Crippen LogP contribution in [0.5, 0.6) is 0 Å². The van der Waals surface area contributed by atoms with E-state index < -0.39 is 35.7 Å². The topological polar surface area (TPSA) is 133 Å². The summed E-state index contributed by atoms with van der Waals surface area (Å²) >= 11 is 0. The van der Waals surface area contributed by atoms with E-state index in [0.717, 1.165) is 11.1 Å². The molecule has 0 aliphatic rings. The van der Waals surface area contributed by atoms with Gasteiger partial charge >= 0.3 is 0 Å². The van der Waals surface area contributed by atoms with Gasteiger partial charge in [-0.15, -0.1) is 0 Å². The number of amides is 4. The van der Waals surface area contributed by atoms with Crippen molar-refractivity contribution in [2.24, 2.45) is 5.92 Å². The fourth-order valence-corrected chi connectivity index (χ4v) is 3.86. The number of rotatable bonds is 14. The molecule has 0 saturated carbocycles. The van der Waals surface area contributed by atoms with Crippen LogP contribution in [0, 0.1) is 5.92 Å². The van der Waals surface area contributed by atoms with Gasteiger partial charge in [0.2, 0.25) is 23.5 Å². The zero-order valence-corrected chi connectivity index (χ0v) is 22.5. The monoisotopic (exact) mass is 522 g/mol. The maximum Gasteiger partial charge on any atom is 0.290 e. The number of Topliss-reactive ketones (excluding diaryl/α,β-unsaturated/α-hetero) is 1. The predicted octanol–water partition coefficient (Wildman–Crippen LogP) is 1.70. The van der Waals surface area contributed by atoms with E-state index >= 15 is 0 Å². The van der Waals surface area contributed by atoms with Crippen LogP contribution in [0.2, 0.25) is 0 Å². The highest BCUT2D eigenvalue weighted by atomic mass is 16.2. The van der Waals surface area contributed by atoms with Crippen molar-refractivity contribution >= 4 is 29.4 Å².